The number of aromatic nitrogens is 2. The molecule has 0 aliphatic carbocycles. The lowest BCUT2D eigenvalue weighted by atomic mass is 10.0. The molecule has 22 heavy (non-hydrogen) atoms. The molecule has 3 rings (SSSR count). The number of hydrogen-bond acceptors (Lipinski definition) is 3. The maximum atomic E-state index is 5.93. The zero-order valence-electron chi connectivity index (χ0n) is 12.4. The first-order valence-electron chi connectivity index (χ1n) is 7.39. The Morgan fingerprint density at radius 1 is 0.955 bits per heavy atom. The van der Waals surface area contributed by atoms with Crippen molar-refractivity contribution in [2.75, 3.05) is 6.61 Å². The largest absolute Gasteiger partial charge is 0.476 e. The van der Waals surface area contributed by atoms with Crippen molar-refractivity contribution in [3.63, 3.8) is 0 Å². The minimum absolute atomic E-state index is 0.609. The molecule has 3 aromatic rings. The molecule has 4 heteroatoms. The van der Waals surface area contributed by atoms with Gasteiger partial charge >= 0.3 is 0 Å². The Kier molecular flexibility index (Phi) is 4.54. The van der Waals surface area contributed by atoms with Gasteiger partial charge in [0.1, 0.15) is 0 Å². The summed E-state index contributed by atoms with van der Waals surface area (Å²) in [6.07, 6.45) is 1.67. The number of ether oxygens (including phenoxy) is 1. The Bertz CT molecular complexity index is 772. The van der Waals surface area contributed by atoms with Crippen LogP contribution in [0.1, 0.15) is 24.6 Å². The molecule has 1 aromatic heterocycles. The van der Waals surface area contributed by atoms with Gasteiger partial charge in [-0.3, -0.25) is 0 Å². The molecule has 112 valence electrons. The molecule has 3 nitrogen and oxygen atoms in total. The summed E-state index contributed by atoms with van der Waals surface area (Å²) in [7, 11) is 0. The van der Waals surface area contributed by atoms with E-state index in [1.807, 2.05) is 42.5 Å². The van der Waals surface area contributed by atoms with Gasteiger partial charge in [0.25, 0.3) is 0 Å². The summed E-state index contributed by atoms with van der Waals surface area (Å²) in [5.41, 5.74) is 2.10. The van der Waals surface area contributed by atoms with E-state index >= 15 is 0 Å². The van der Waals surface area contributed by atoms with E-state index in [1.165, 1.54) is 0 Å². The molecule has 0 radical (unpaired) electrons. The van der Waals surface area contributed by atoms with Crippen molar-refractivity contribution in [1.82, 2.24) is 10.2 Å². The quantitative estimate of drug-likeness (QED) is 0.687. The highest BCUT2D eigenvalue weighted by Crippen LogP contribution is 2.26. The van der Waals surface area contributed by atoms with E-state index in [1.54, 1.807) is 0 Å². The fraction of sp³-hybridized carbons (Fsp3) is 0.222. The second-order valence-corrected chi connectivity index (χ2v) is 5.59. The normalized spacial score (nSPS) is 10.8. The number of halogens is 1. The summed E-state index contributed by atoms with van der Waals surface area (Å²) in [6, 6.07) is 15.9. The van der Waals surface area contributed by atoms with Gasteiger partial charge in [-0.15, -0.1) is 5.10 Å². The monoisotopic (exact) mass is 312 g/mol. The second kappa shape index (κ2) is 6.75. The summed E-state index contributed by atoms with van der Waals surface area (Å²) in [5, 5.41) is 11.5. The first-order valence-corrected chi connectivity index (χ1v) is 7.77. The van der Waals surface area contributed by atoms with Crippen LogP contribution >= 0.6 is 11.6 Å². The van der Waals surface area contributed by atoms with Crippen LogP contribution in [0.5, 0.6) is 5.88 Å². The van der Waals surface area contributed by atoms with Crippen LogP contribution in [0.15, 0.2) is 48.5 Å². The second-order valence-electron chi connectivity index (χ2n) is 5.15. The highest BCUT2D eigenvalue weighted by atomic mass is 35.5. The number of fused-ring (bicyclic) bond motifs is 1. The molecule has 0 bridgehead atoms. The van der Waals surface area contributed by atoms with E-state index in [4.69, 9.17) is 16.3 Å². The Hall–Kier alpha value is -2.13. The first-order chi connectivity index (χ1) is 10.8. The summed E-state index contributed by atoms with van der Waals surface area (Å²) in [4.78, 5) is 0. The molecule has 0 spiro atoms. The highest BCUT2D eigenvalue weighted by molar-refractivity contribution is 6.30. The van der Waals surface area contributed by atoms with Crippen molar-refractivity contribution in [2.24, 2.45) is 0 Å². The average molecular weight is 313 g/mol. The van der Waals surface area contributed by atoms with Crippen molar-refractivity contribution >= 4 is 22.4 Å². The predicted molar refractivity (Wildman–Crippen MR) is 89.6 cm³/mol. The molecule has 0 fully saturated rings. The topological polar surface area (TPSA) is 35.0 Å². The van der Waals surface area contributed by atoms with Crippen LogP contribution in [-0.4, -0.2) is 16.8 Å². The Labute approximate surface area is 134 Å². The summed E-state index contributed by atoms with van der Waals surface area (Å²) < 4.78 is 5.70. The van der Waals surface area contributed by atoms with Gasteiger partial charge in [-0.2, -0.15) is 5.10 Å². The summed E-state index contributed by atoms with van der Waals surface area (Å²) in [6.45, 7) is 2.72. The third-order valence-corrected chi connectivity index (χ3v) is 3.71. The first kappa shape index (κ1) is 14.8. The molecule has 0 N–H and O–H groups in total. The number of hydrogen-bond donors (Lipinski definition) is 0. The Balaban J connectivity index is 1.98. The third kappa shape index (κ3) is 3.20. The number of benzene rings is 2. The smallest absolute Gasteiger partial charge is 0.241 e. The molecule has 0 unspecified atom stereocenters. The highest BCUT2D eigenvalue weighted by Gasteiger charge is 2.10. The summed E-state index contributed by atoms with van der Waals surface area (Å²) in [5.74, 6) is 0.609. The van der Waals surface area contributed by atoms with Crippen molar-refractivity contribution in [1.29, 1.82) is 0 Å². The lowest BCUT2D eigenvalue weighted by Crippen LogP contribution is -2.03. The van der Waals surface area contributed by atoms with Crippen molar-refractivity contribution < 1.29 is 4.74 Å². The molecular formula is C18H17ClN2O. The van der Waals surface area contributed by atoms with Crippen LogP contribution in [0.25, 0.3) is 10.8 Å². The molecule has 0 aliphatic heterocycles. The van der Waals surface area contributed by atoms with E-state index in [0.717, 1.165) is 39.9 Å². The van der Waals surface area contributed by atoms with Gasteiger partial charge in [0.15, 0.2) is 0 Å². The molecule has 0 amide bonds. The van der Waals surface area contributed by atoms with Gasteiger partial charge in [-0.1, -0.05) is 48.9 Å². The molecule has 0 atom stereocenters. The molecule has 2 aromatic carbocycles. The zero-order chi connectivity index (χ0) is 15.4. The van der Waals surface area contributed by atoms with Gasteiger partial charge in [-0.05, 0) is 30.2 Å². The molecule has 1 heterocycles. The van der Waals surface area contributed by atoms with E-state index < -0.39 is 0 Å². The van der Waals surface area contributed by atoms with Crippen LogP contribution in [-0.2, 0) is 6.42 Å². The van der Waals surface area contributed by atoms with Crippen molar-refractivity contribution in [2.45, 2.75) is 19.8 Å². The van der Waals surface area contributed by atoms with Crippen molar-refractivity contribution in [3.05, 3.63) is 64.8 Å². The standard InChI is InChI=1S/C18H17ClN2O/c1-2-11-22-18-16-6-4-3-5-15(16)17(20-21-18)12-13-7-9-14(19)10-8-13/h3-10H,2,11-12H2,1H3. The minimum Gasteiger partial charge on any atom is -0.476 e. The number of rotatable bonds is 5. The van der Waals surface area contributed by atoms with E-state index in [9.17, 15) is 0 Å². The zero-order valence-corrected chi connectivity index (χ0v) is 13.2. The van der Waals surface area contributed by atoms with E-state index in [0.29, 0.717) is 12.5 Å². The van der Waals surface area contributed by atoms with Crippen LogP contribution < -0.4 is 4.74 Å². The van der Waals surface area contributed by atoms with Gasteiger partial charge in [-0.25, -0.2) is 0 Å². The van der Waals surface area contributed by atoms with Crippen LogP contribution in [0.3, 0.4) is 0 Å². The maximum Gasteiger partial charge on any atom is 0.241 e. The SMILES string of the molecule is CCCOc1nnc(Cc2ccc(Cl)cc2)c2ccccc12. The molecule has 0 saturated carbocycles. The van der Waals surface area contributed by atoms with Gasteiger partial charge in [0.05, 0.1) is 12.3 Å². The lowest BCUT2D eigenvalue weighted by molar-refractivity contribution is 0.305. The molecule has 0 aliphatic rings. The Morgan fingerprint density at radius 3 is 2.41 bits per heavy atom. The molecule has 0 saturated heterocycles. The van der Waals surface area contributed by atoms with E-state index in [2.05, 4.69) is 23.2 Å². The molecular weight excluding hydrogens is 296 g/mol. The van der Waals surface area contributed by atoms with E-state index in [-0.39, 0.29) is 0 Å². The maximum absolute atomic E-state index is 5.93. The lowest BCUT2D eigenvalue weighted by Gasteiger charge is -2.10. The fourth-order valence-corrected chi connectivity index (χ4v) is 2.49. The van der Waals surface area contributed by atoms with Crippen molar-refractivity contribution in [3.8, 4) is 5.88 Å². The van der Waals surface area contributed by atoms with Crippen LogP contribution in [0, 0.1) is 0 Å². The minimum atomic E-state index is 0.609. The fourth-order valence-electron chi connectivity index (χ4n) is 2.37. The Morgan fingerprint density at radius 2 is 1.68 bits per heavy atom. The predicted octanol–water partition coefficient (Wildman–Crippen LogP) is 4.66. The third-order valence-electron chi connectivity index (χ3n) is 3.46. The van der Waals surface area contributed by atoms with Crippen LogP contribution in [0.2, 0.25) is 5.02 Å². The number of nitrogens with zero attached hydrogens (tertiary/aromatic N) is 2. The average Bonchev–Trinajstić information content (AvgIpc) is 2.56. The van der Waals surface area contributed by atoms with Crippen LogP contribution in [0.4, 0.5) is 0 Å². The van der Waals surface area contributed by atoms with Gasteiger partial charge < -0.3 is 4.74 Å². The summed E-state index contributed by atoms with van der Waals surface area (Å²) >= 11 is 5.93. The van der Waals surface area contributed by atoms with Gasteiger partial charge in [0.2, 0.25) is 5.88 Å². The van der Waals surface area contributed by atoms with Gasteiger partial charge in [0, 0.05) is 22.2 Å².